The summed E-state index contributed by atoms with van der Waals surface area (Å²) in [7, 11) is 0. The van der Waals surface area contributed by atoms with E-state index in [-0.39, 0.29) is 6.04 Å². The van der Waals surface area contributed by atoms with Crippen LogP contribution in [-0.4, -0.2) is 20.8 Å². The first-order valence-corrected chi connectivity index (χ1v) is 6.93. The molecule has 2 aromatic rings. The SMILES string of the molecule is CC(c1ccccc1)n1cnnc1CC1CC(N)C1. The largest absolute Gasteiger partial charge is 0.328 e. The zero-order chi connectivity index (χ0) is 13.2. The fourth-order valence-electron chi connectivity index (χ4n) is 2.84. The van der Waals surface area contributed by atoms with Crippen LogP contribution < -0.4 is 5.73 Å². The summed E-state index contributed by atoms with van der Waals surface area (Å²) in [5.41, 5.74) is 7.13. The predicted octanol–water partition coefficient (Wildman–Crippen LogP) is 2.17. The molecule has 4 nitrogen and oxygen atoms in total. The Bertz CT molecular complexity index is 528. The van der Waals surface area contributed by atoms with Crippen molar-refractivity contribution in [1.29, 1.82) is 0 Å². The number of aromatic nitrogens is 3. The van der Waals surface area contributed by atoms with Crippen LogP contribution >= 0.6 is 0 Å². The molecule has 1 aliphatic carbocycles. The molecule has 1 heterocycles. The molecule has 1 aliphatic rings. The molecule has 1 aromatic heterocycles. The third-order valence-electron chi connectivity index (χ3n) is 4.09. The highest BCUT2D eigenvalue weighted by atomic mass is 15.3. The minimum Gasteiger partial charge on any atom is -0.328 e. The monoisotopic (exact) mass is 256 g/mol. The molecule has 0 radical (unpaired) electrons. The van der Waals surface area contributed by atoms with E-state index in [1.165, 1.54) is 5.56 Å². The molecule has 1 unspecified atom stereocenters. The zero-order valence-electron chi connectivity index (χ0n) is 11.2. The van der Waals surface area contributed by atoms with Crippen LogP contribution in [0, 0.1) is 5.92 Å². The topological polar surface area (TPSA) is 56.7 Å². The van der Waals surface area contributed by atoms with Crippen LogP contribution in [0.3, 0.4) is 0 Å². The smallest absolute Gasteiger partial charge is 0.133 e. The van der Waals surface area contributed by atoms with E-state index in [1.807, 2.05) is 12.4 Å². The normalized spacial score (nSPS) is 23.9. The Balaban J connectivity index is 1.76. The lowest BCUT2D eigenvalue weighted by Crippen LogP contribution is -2.37. The minimum absolute atomic E-state index is 0.278. The van der Waals surface area contributed by atoms with Crippen LogP contribution in [0.15, 0.2) is 36.7 Å². The van der Waals surface area contributed by atoms with Crippen molar-refractivity contribution >= 4 is 0 Å². The Hall–Kier alpha value is -1.68. The minimum atomic E-state index is 0.278. The zero-order valence-corrected chi connectivity index (χ0v) is 11.2. The third-order valence-corrected chi connectivity index (χ3v) is 4.09. The molecule has 0 saturated heterocycles. The van der Waals surface area contributed by atoms with Crippen LogP contribution in [0.1, 0.15) is 37.2 Å². The molecule has 1 fully saturated rings. The molecule has 19 heavy (non-hydrogen) atoms. The van der Waals surface area contributed by atoms with E-state index in [1.54, 1.807) is 0 Å². The van der Waals surface area contributed by atoms with Gasteiger partial charge in [-0.3, -0.25) is 0 Å². The van der Waals surface area contributed by atoms with Crippen molar-refractivity contribution in [3.05, 3.63) is 48.0 Å². The van der Waals surface area contributed by atoms with Crippen molar-refractivity contribution < 1.29 is 0 Å². The number of benzene rings is 1. The van der Waals surface area contributed by atoms with E-state index >= 15 is 0 Å². The second-order valence-electron chi connectivity index (χ2n) is 5.54. The van der Waals surface area contributed by atoms with Gasteiger partial charge in [0.25, 0.3) is 0 Å². The number of nitrogens with two attached hydrogens (primary N) is 1. The molecule has 0 aliphatic heterocycles. The molecule has 1 atom stereocenters. The lowest BCUT2D eigenvalue weighted by Gasteiger charge is -2.32. The standard InChI is InChI=1S/C15H20N4/c1-11(13-5-3-2-4-6-13)19-10-17-18-15(19)9-12-7-14(16)8-12/h2-6,10-12,14H,7-9,16H2,1H3. The van der Waals surface area contributed by atoms with Gasteiger partial charge in [-0.25, -0.2) is 0 Å². The lowest BCUT2D eigenvalue weighted by molar-refractivity contribution is 0.257. The van der Waals surface area contributed by atoms with Gasteiger partial charge in [-0.15, -0.1) is 10.2 Å². The fraction of sp³-hybridized carbons (Fsp3) is 0.467. The summed E-state index contributed by atoms with van der Waals surface area (Å²) in [6.45, 7) is 2.19. The Kier molecular flexibility index (Phi) is 3.34. The van der Waals surface area contributed by atoms with E-state index in [9.17, 15) is 0 Å². The number of hydrogen-bond donors (Lipinski definition) is 1. The highest BCUT2D eigenvalue weighted by Gasteiger charge is 2.28. The van der Waals surface area contributed by atoms with Crippen LogP contribution in [-0.2, 0) is 6.42 Å². The Labute approximate surface area is 113 Å². The van der Waals surface area contributed by atoms with Gasteiger partial charge in [0.15, 0.2) is 0 Å². The predicted molar refractivity (Wildman–Crippen MR) is 74.7 cm³/mol. The summed E-state index contributed by atoms with van der Waals surface area (Å²) >= 11 is 0. The van der Waals surface area contributed by atoms with Crippen molar-refractivity contribution in [2.45, 2.75) is 38.3 Å². The molecule has 0 bridgehead atoms. The van der Waals surface area contributed by atoms with E-state index in [0.717, 1.165) is 25.1 Å². The van der Waals surface area contributed by atoms with Crippen LogP contribution in [0.25, 0.3) is 0 Å². The molecule has 3 rings (SSSR count). The van der Waals surface area contributed by atoms with Gasteiger partial charge in [-0.2, -0.15) is 0 Å². The summed E-state index contributed by atoms with van der Waals surface area (Å²) in [5, 5.41) is 8.36. The highest BCUT2D eigenvalue weighted by molar-refractivity contribution is 5.19. The van der Waals surface area contributed by atoms with Gasteiger partial charge in [0.1, 0.15) is 12.2 Å². The number of rotatable bonds is 4. The van der Waals surface area contributed by atoms with Crippen molar-refractivity contribution in [2.75, 3.05) is 0 Å². The fourth-order valence-corrected chi connectivity index (χ4v) is 2.84. The summed E-state index contributed by atoms with van der Waals surface area (Å²) in [6, 6.07) is 11.1. The highest BCUT2D eigenvalue weighted by Crippen LogP contribution is 2.29. The summed E-state index contributed by atoms with van der Waals surface area (Å²) in [5.74, 6) is 1.76. The Morgan fingerprint density at radius 1 is 1.32 bits per heavy atom. The molecule has 0 amide bonds. The maximum Gasteiger partial charge on any atom is 0.133 e. The Morgan fingerprint density at radius 2 is 2.05 bits per heavy atom. The van der Waals surface area contributed by atoms with Crippen LogP contribution in [0.4, 0.5) is 0 Å². The van der Waals surface area contributed by atoms with Crippen molar-refractivity contribution in [3.63, 3.8) is 0 Å². The Morgan fingerprint density at radius 3 is 2.74 bits per heavy atom. The molecule has 4 heteroatoms. The summed E-state index contributed by atoms with van der Waals surface area (Å²) < 4.78 is 2.18. The van der Waals surface area contributed by atoms with Crippen molar-refractivity contribution in [2.24, 2.45) is 11.7 Å². The lowest BCUT2D eigenvalue weighted by atomic mass is 9.78. The average molecular weight is 256 g/mol. The van der Waals surface area contributed by atoms with Gasteiger partial charge in [0.05, 0.1) is 6.04 Å². The molecule has 1 aromatic carbocycles. The second-order valence-corrected chi connectivity index (χ2v) is 5.54. The first-order valence-electron chi connectivity index (χ1n) is 6.93. The summed E-state index contributed by atoms with van der Waals surface area (Å²) in [4.78, 5) is 0. The molecular formula is C15H20N4. The molecule has 0 spiro atoms. The third kappa shape index (κ3) is 2.54. The molecule has 100 valence electrons. The van der Waals surface area contributed by atoms with E-state index in [4.69, 9.17) is 5.73 Å². The number of nitrogens with zero attached hydrogens (tertiary/aromatic N) is 3. The first kappa shape index (κ1) is 12.4. The van der Waals surface area contributed by atoms with Gasteiger partial charge in [0.2, 0.25) is 0 Å². The summed E-state index contributed by atoms with van der Waals surface area (Å²) in [6.07, 6.45) is 5.07. The van der Waals surface area contributed by atoms with Gasteiger partial charge < -0.3 is 10.3 Å². The molecular weight excluding hydrogens is 236 g/mol. The maximum atomic E-state index is 5.84. The molecule has 1 saturated carbocycles. The van der Waals surface area contributed by atoms with Crippen LogP contribution in [0.5, 0.6) is 0 Å². The van der Waals surface area contributed by atoms with Crippen molar-refractivity contribution in [3.8, 4) is 0 Å². The molecule has 2 N–H and O–H groups in total. The van der Waals surface area contributed by atoms with Gasteiger partial charge >= 0.3 is 0 Å². The number of hydrogen-bond acceptors (Lipinski definition) is 3. The van der Waals surface area contributed by atoms with E-state index in [2.05, 4.69) is 46.0 Å². The van der Waals surface area contributed by atoms with E-state index in [0.29, 0.717) is 12.0 Å². The van der Waals surface area contributed by atoms with Gasteiger partial charge in [-0.05, 0) is 31.2 Å². The van der Waals surface area contributed by atoms with Crippen LogP contribution in [0.2, 0.25) is 0 Å². The maximum absolute atomic E-state index is 5.84. The average Bonchev–Trinajstić information content (AvgIpc) is 2.85. The second kappa shape index (κ2) is 5.13. The first-order chi connectivity index (χ1) is 9.24. The quantitative estimate of drug-likeness (QED) is 0.912. The van der Waals surface area contributed by atoms with Crippen molar-refractivity contribution in [1.82, 2.24) is 14.8 Å². The van der Waals surface area contributed by atoms with Gasteiger partial charge in [0, 0.05) is 12.5 Å². The van der Waals surface area contributed by atoms with E-state index < -0.39 is 0 Å². The van der Waals surface area contributed by atoms with Gasteiger partial charge in [-0.1, -0.05) is 30.3 Å².